The Morgan fingerprint density at radius 3 is 1.69 bits per heavy atom. The maximum Gasteiger partial charge on any atom is 0.268 e. The van der Waals surface area contributed by atoms with Gasteiger partial charge < -0.3 is 28.8 Å². The number of likely N-dealkylation sites (N-methyl/N-ethyl adjacent to an activating group) is 1. The summed E-state index contributed by atoms with van der Waals surface area (Å²) >= 11 is 0. The summed E-state index contributed by atoms with van der Waals surface area (Å²) in [7, 11) is 1.23. The second kappa shape index (κ2) is 31.7. The Hall–Kier alpha value is -1.28. The van der Waals surface area contributed by atoms with E-state index in [-0.39, 0.29) is 12.5 Å². The minimum atomic E-state index is -4.58. The molecule has 0 spiro atoms. The van der Waals surface area contributed by atoms with E-state index < -0.39 is 26.6 Å². The van der Waals surface area contributed by atoms with Crippen LogP contribution in [-0.4, -0.2) is 68.5 Å². The van der Waals surface area contributed by atoms with Crippen LogP contribution in [-0.2, 0) is 18.4 Å². The van der Waals surface area contributed by atoms with Crippen molar-refractivity contribution in [3.05, 3.63) is 36.5 Å². The summed E-state index contributed by atoms with van der Waals surface area (Å²) in [6.07, 6.45) is 36.3. The van der Waals surface area contributed by atoms with Crippen LogP contribution in [0.2, 0.25) is 0 Å². The summed E-state index contributed by atoms with van der Waals surface area (Å²) in [5.74, 6) is -0.219. The highest BCUT2D eigenvalue weighted by Gasteiger charge is 2.23. The third-order valence-corrected chi connectivity index (χ3v) is 9.29. The van der Waals surface area contributed by atoms with Crippen LogP contribution in [0, 0.1) is 0 Å². The molecular formula is C39H75N2O6P. The van der Waals surface area contributed by atoms with E-state index in [0.29, 0.717) is 17.4 Å². The minimum Gasteiger partial charge on any atom is -0.756 e. The lowest BCUT2D eigenvalue weighted by Crippen LogP contribution is -2.45. The fourth-order valence-corrected chi connectivity index (χ4v) is 5.90. The molecule has 0 bridgehead atoms. The number of quaternary nitrogens is 1. The van der Waals surface area contributed by atoms with E-state index in [1.54, 1.807) is 6.08 Å². The van der Waals surface area contributed by atoms with Gasteiger partial charge >= 0.3 is 0 Å². The van der Waals surface area contributed by atoms with Crippen LogP contribution in [0.3, 0.4) is 0 Å². The van der Waals surface area contributed by atoms with Gasteiger partial charge in [0.1, 0.15) is 13.2 Å². The van der Waals surface area contributed by atoms with E-state index in [0.717, 1.165) is 44.9 Å². The highest BCUT2D eigenvalue weighted by molar-refractivity contribution is 7.45. The number of nitrogens with one attached hydrogen (secondary N) is 1. The molecule has 48 heavy (non-hydrogen) atoms. The van der Waals surface area contributed by atoms with E-state index in [1.807, 2.05) is 27.2 Å². The van der Waals surface area contributed by atoms with Gasteiger partial charge in [-0.15, -0.1) is 0 Å². The Morgan fingerprint density at radius 2 is 1.17 bits per heavy atom. The summed E-state index contributed by atoms with van der Waals surface area (Å²) < 4.78 is 23.0. The zero-order valence-corrected chi connectivity index (χ0v) is 32.6. The van der Waals surface area contributed by atoms with Crippen LogP contribution >= 0.6 is 7.82 Å². The van der Waals surface area contributed by atoms with Crippen molar-refractivity contribution < 1.29 is 32.9 Å². The van der Waals surface area contributed by atoms with Crippen LogP contribution in [0.5, 0.6) is 0 Å². The Labute approximate surface area is 296 Å². The highest BCUT2D eigenvalue weighted by Crippen LogP contribution is 2.38. The van der Waals surface area contributed by atoms with E-state index >= 15 is 0 Å². The standard InChI is InChI=1S/C39H75N2O6P/c1-6-8-10-12-14-16-17-18-19-20-21-22-23-24-25-26-28-30-32-38(42)37(36-47-48(44,45)46-35-34-41(3,4)5)40-39(43)33-31-29-27-15-13-11-9-7-2/h20-21,24-25,30,32,37-38,42H,6-19,22-23,26-29,31,33-36H2,1-5H3,(H-,40,43,44,45)/b21-20+,25-24+,32-30+. The summed E-state index contributed by atoms with van der Waals surface area (Å²) in [5, 5.41) is 13.6. The normalized spacial score (nSPS) is 15.1. The minimum absolute atomic E-state index is 0.00861. The van der Waals surface area contributed by atoms with Gasteiger partial charge in [0.25, 0.3) is 7.82 Å². The smallest absolute Gasteiger partial charge is 0.268 e. The molecule has 0 saturated heterocycles. The SMILES string of the molecule is CCCCCCCCCC/C=C/CC/C=C/CC/C=C/C(O)C(COP(=O)([O-])OCC[N+](C)(C)C)NC(=O)CCCCCCCCCC. The summed E-state index contributed by atoms with van der Waals surface area (Å²) in [4.78, 5) is 25.0. The van der Waals surface area contributed by atoms with E-state index in [4.69, 9.17) is 9.05 Å². The zero-order valence-electron chi connectivity index (χ0n) is 31.7. The Bertz CT molecular complexity index is 886. The molecule has 2 N–H and O–H groups in total. The van der Waals surface area contributed by atoms with Crippen LogP contribution < -0.4 is 10.2 Å². The van der Waals surface area contributed by atoms with Crippen LogP contribution in [0.4, 0.5) is 0 Å². The molecule has 0 aromatic carbocycles. The van der Waals surface area contributed by atoms with Gasteiger partial charge in [-0.25, -0.2) is 0 Å². The van der Waals surface area contributed by atoms with Crippen molar-refractivity contribution in [1.82, 2.24) is 5.32 Å². The van der Waals surface area contributed by atoms with Crippen LogP contribution in [0.15, 0.2) is 36.5 Å². The molecule has 0 rings (SSSR count). The van der Waals surface area contributed by atoms with Crippen molar-refractivity contribution in [2.75, 3.05) is 40.9 Å². The molecule has 3 atom stereocenters. The number of carbonyl (C=O) groups excluding carboxylic acids is 1. The molecule has 0 aliphatic carbocycles. The summed E-state index contributed by atoms with van der Waals surface area (Å²) in [6, 6.07) is -0.903. The molecule has 9 heteroatoms. The lowest BCUT2D eigenvalue weighted by atomic mass is 10.1. The topological polar surface area (TPSA) is 108 Å². The van der Waals surface area contributed by atoms with Crippen molar-refractivity contribution in [2.45, 2.75) is 167 Å². The van der Waals surface area contributed by atoms with Crippen molar-refractivity contribution in [3.8, 4) is 0 Å². The molecule has 0 aromatic heterocycles. The Balaban J connectivity index is 4.55. The first kappa shape index (κ1) is 46.7. The zero-order chi connectivity index (χ0) is 35.8. The molecule has 0 aliphatic rings. The molecule has 0 aromatic rings. The first-order valence-corrected chi connectivity index (χ1v) is 20.8. The second-order valence-corrected chi connectivity index (χ2v) is 15.7. The molecule has 0 saturated carbocycles. The number of phosphoric acid groups is 1. The maximum absolute atomic E-state index is 12.7. The van der Waals surface area contributed by atoms with Gasteiger partial charge in [-0.3, -0.25) is 9.36 Å². The van der Waals surface area contributed by atoms with Gasteiger partial charge in [0.2, 0.25) is 5.91 Å². The van der Waals surface area contributed by atoms with Crippen molar-refractivity contribution >= 4 is 13.7 Å². The number of hydrogen-bond acceptors (Lipinski definition) is 6. The first-order chi connectivity index (χ1) is 23.0. The van der Waals surface area contributed by atoms with E-state index in [1.165, 1.54) is 89.9 Å². The number of nitrogens with zero attached hydrogens (tertiary/aromatic N) is 1. The summed E-state index contributed by atoms with van der Waals surface area (Å²) in [5.41, 5.74) is 0. The van der Waals surface area contributed by atoms with Gasteiger partial charge in [0.05, 0.1) is 39.9 Å². The third-order valence-electron chi connectivity index (χ3n) is 8.33. The molecule has 3 unspecified atom stereocenters. The molecule has 0 radical (unpaired) electrons. The number of amides is 1. The highest BCUT2D eigenvalue weighted by atomic mass is 31.2. The number of phosphoric ester groups is 1. The largest absolute Gasteiger partial charge is 0.756 e. The predicted molar refractivity (Wildman–Crippen MR) is 201 cm³/mol. The molecule has 1 amide bonds. The average molecular weight is 699 g/mol. The van der Waals surface area contributed by atoms with Crippen molar-refractivity contribution in [1.29, 1.82) is 0 Å². The molecule has 0 heterocycles. The van der Waals surface area contributed by atoms with E-state index in [2.05, 4.69) is 43.5 Å². The maximum atomic E-state index is 12.7. The fourth-order valence-electron chi connectivity index (χ4n) is 5.18. The van der Waals surface area contributed by atoms with E-state index in [9.17, 15) is 19.4 Å². The third kappa shape index (κ3) is 33.2. The fraction of sp³-hybridized carbons (Fsp3) is 0.821. The number of hydrogen-bond donors (Lipinski definition) is 2. The molecule has 282 valence electrons. The van der Waals surface area contributed by atoms with Crippen molar-refractivity contribution in [3.63, 3.8) is 0 Å². The summed E-state index contributed by atoms with van der Waals surface area (Å²) in [6.45, 7) is 4.55. The average Bonchev–Trinajstić information content (AvgIpc) is 3.02. The predicted octanol–water partition coefficient (Wildman–Crippen LogP) is 9.33. The van der Waals surface area contributed by atoms with Gasteiger partial charge in [0.15, 0.2) is 0 Å². The molecule has 0 fully saturated rings. The van der Waals surface area contributed by atoms with Crippen LogP contribution in [0.1, 0.15) is 155 Å². The van der Waals surface area contributed by atoms with Gasteiger partial charge in [0, 0.05) is 6.42 Å². The van der Waals surface area contributed by atoms with Gasteiger partial charge in [-0.1, -0.05) is 140 Å². The first-order valence-electron chi connectivity index (χ1n) is 19.4. The second-order valence-electron chi connectivity index (χ2n) is 14.3. The number of carbonyl (C=O) groups is 1. The number of allylic oxidation sites excluding steroid dienone is 5. The molecule has 0 aliphatic heterocycles. The quantitative estimate of drug-likeness (QED) is 0.0300. The molecule has 8 nitrogen and oxygen atoms in total. The van der Waals surface area contributed by atoms with Gasteiger partial charge in [-0.05, 0) is 44.9 Å². The van der Waals surface area contributed by atoms with Crippen LogP contribution in [0.25, 0.3) is 0 Å². The number of unbranched alkanes of at least 4 members (excludes halogenated alkanes) is 17. The Morgan fingerprint density at radius 1 is 0.708 bits per heavy atom. The van der Waals surface area contributed by atoms with Crippen molar-refractivity contribution in [2.24, 2.45) is 0 Å². The molecular weight excluding hydrogens is 623 g/mol. The lowest BCUT2D eigenvalue weighted by Gasteiger charge is -2.29. The Kier molecular flexibility index (Phi) is 30.8. The number of aliphatic hydroxyl groups excluding tert-OH is 1. The number of aliphatic hydroxyl groups is 1. The lowest BCUT2D eigenvalue weighted by molar-refractivity contribution is -0.870. The van der Waals surface area contributed by atoms with Gasteiger partial charge in [-0.2, -0.15) is 0 Å². The number of rotatable bonds is 34. The monoisotopic (exact) mass is 699 g/mol.